The van der Waals surface area contributed by atoms with E-state index in [1.165, 1.54) is 24.3 Å². The number of hydrogen-bond acceptors (Lipinski definition) is 5. The van der Waals surface area contributed by atoms with E-state index in [1.54, 1.807) is 12.1 Å². The zero-order valence-electron chi connectivity index (χ0n) is 14.1. The Morgan fingerprint density at radius 2 is 1.76 bits per heavy atom. The van der Waals surface area contributed by atoms with Crippen molar-refractivity contribution in [2.75, 3.05) is 0 Å². The number of fused-ring (bicyclic) bond motifs is 1. The van der Waals surface area contributed by atoms with Crippen LogP contribution in [-0.4, -0.2) is 17.0 Å². The third kappa shape index (κ3) is 3.42. The Labute approximate surface area is 145 Å². The molecule has 2 aromatic rings. The quantitative estimate of drug-likeness (QED) is 0.685. The normalized spacial score (nSPS) is 18.3. The van der Waals surface area contributed by atoms with Crippen molar-refractivity contribution in [3.05, 3.63) is 64.7 Å². The molecule has 25 heavy (non-hydrogen) atoms. The molecular formula is C20H19O5-. The monoisotopic (exact) mass is 339 g/mol. The van der Waals surface area contributed by atoms with Gasteiger partial charge in [0, 0.05) is 0 Å². The lowest BCUT2D eigenvalue weighted by atomic mass is 9.71. The van der Waals surface area contributed by atoms with Gasteiger partial charge in [0.2, 0.25) is 0 Å². The third-order valence-electron chi connectivity index (χ3n) is 4.72. The minimum Gasteiger partial charge on any atom is -0.545 e. The summed E-state index contributed by atoms with van der Waals surface area (Å²) >= 11 is 0. The van der Waals surface area contributed by atoms with Gasteiger partial charge >= 0.3 is 5.97 Å². The Hall–Kier alpha value is -2.66. The molecule has 0 aliphatic heterocycles. The zero-order valence-corrected chi connectivity index (χ0v) is 14.1. The van der Waals surface area contributed by atoms with Gasteiger partial charge in [0.05, 0.1) is 17.6 Å². The fourth-order valence-electron chi connectivity index (χ4n) is 3.19. The van der Waals surface area contributed by atoms with Crippen LogP contribution in [0.15, 0.2) is 42.5 Å². The summed E-state index contributed by atoms with van der Waals surface area (Å²) in [5.74, 6) is -1.60. The van der Waals surface area contributed by atoms with E-state index in [1.807, 2.05) is 6.07 Å². The van der Waals surface area contributed by atoms with Crippen LogP contribution in [0, 0.1) is 0 Å². The molecule has 3 rings (SSSR count). The number of carboxylic acids is 1. The summed E-state index contributed by atoms with van der Waals surface area (Å²) in [6.45, 7) is 4.24. The fraction of sp³-hybridized carbons (Fsp3) is 0.300. The average Bonchev–Trinajstić information content (AvgIpc) is 2.58. The number of aliphatic hydroxyl groups excluding tert-OH is 1. The summed E-state index contributed by atoms with van der Waals surface area (Å²) in [5.41, 5.74) is 2.12. The van der Waals surface area contributed by atoms with E-state index in [2.05, 4.69) is 13.8 Å². The predicted molar refractivity (Wildman–Crippen MR) is 89.4 cm³/mol. The Kier molecular flexibility index (Phi) is 4.35. The molecule has 0 fully saturated rings. The molecule has 1 N–H and O–H groups in total. The lowest BCUT2D eigenvalue weighted by Gasteiger charge is -2.35. The number of carboxylic acid groups (broad SMARTS) is 1. The average molecular weight is 339 g/mol. The molecule has 1 atom stereocenters. The van der Waals surface area contributed by atoms with Crippen LogP contribution in [0.5, 0.6) is 5.75 Å². The molecule has 0 saturated heterocycles. The van der Waals surface area contributed by atoms with Gasteiger partial charge in [-0.1, -0.05) is 19.9 Å². The number of hydrogen-bond donors (Lipinski definition) is 1. The van der Waals surface area contributed by atoms with Gasteiger partial charge in [0.15, 0.2) is 0 Å². The van der Waals surface area contributed by atoms with Gasteiger partial charge in [-0.05, 0) is 71.3 Å². The van der Waals surface area contributed by atoms with E-state index in [0.29, 0.717) is 12.0 Å². The Morgan fingerprint density at radius 1 is 1.12 bits per heavy atom. The van der Waals surface area contributed by atoms with Crippen molar-refractivity contribution in [3.8, 4) is 5.75 Å². The first-order valence-corrected chi connectivity index (χ1v) is 8.14. The van der Waals surface area contributed by atoms with E-state index >= 15 is 0 Å². The van der Waals surface area contributed by atoms with Crippen LogP contribution < -0.4 is 9.84 Å². The maximum absolute atomic E-state index is 12.4. The lowest BCUT2D eigenvalue weighted by molar-refractivity contribution is -0.255. The molecule has 0 heterocycles. The van der Waals surface area contributed by atoms with Crippen LogP contribution in [-0.2, 0) is 5.41 Å². The number of ether oxygens (including phenoxy) is 1. The maximum atomic E-state index is 12.4. The van der Waals surface area contributed by atoms with Crippen molar-refractivity contribution in [1.82, 2.24) is 0 Å². The van der Waals surface area contributed by atoms with Gasteiger partial charge in [-0.3, -0.25) is 0 Å². The lowest BCUT2D eigenvalue weighted by Crippen LogP contribution is -2.26. The minimum absolute atomic E-state index is 0.0129. The third-order valence-corrected chi connectivity index (χ3v) is 4.72. The number of esters is 1. The Balaban J connectivity index is 1.83. The Bertz CT molecular complexity index is 820. The first kappa shape index (κ1) is 17.2. The highest BCUT2D eigenvalue weighted by Crippen LogP contribution is 2.41. The summed E-state index contributed by atoms with van der Waals surface area (Å²) in [6.07, 6.45) is 0.956. The highest BCUT2D eigenvalue weighted by Gasteiger charge is 2.32. The summed E-state index contributed by atoms with van der Waals surface area (Å²) in [4.78, 5) is 23.1. The van der Waals surface area contributed by atoms with Crippen LogP contribution in [0.4, 0.5) is 0 Å². The molecule has 0 aromatic heterocycles. The highest BCUT2D eigenvalue weighted by molar-refractivity contribution is 5.91. The van der Waals surface area contributed by atoms with Gasteiger partial charge in [-0.25, -0.2) is 4.79 Å². The van der Waals surface area contributed by atoms with Crippen molar-refractivity contribution < 1.29 is 24.5 Å². The molecule has 0 amide bonds. The number of aromatic carboxylic acids is 1. The largest absolute Gasteiger partial charge is 0.545 e. The van der Waals surface area contributed by atoms with Crippen LogP contribution in [0.3, 0.4) is 0 Å². The molecule has 1 unspecified atom stereocenters. The Morgan fingerprint density at radius 3 is 2.40 bits per heavy atom. The summed E-state index contributed by atoms with van der Waals surface area (Å²) in [7, 11) is 0. The van der Waals surface area contributed by atoms with Crippen molar-refractivity contribution >= 4 is 11.9 Å². The summed E-state index contributed by atoms with van der Waals surface area (Å²) < 4.78 is 5.28. The number of carbonyl (C=O) groups is 2. The number of carbonyl (C=O) groups excluding carboxylic acids is 2. The molecule has 2 aromatic carbocycles. The first-order chi connectivity index (χ1) is 11.8. The fourth-order valence-corrected chi connectivity index (χ4v) is 3.19. The second-order valence-electron chi connectivity index (χ2n) is 6.94. The molecule has 0 bridgehead atoms. The van der Waals surface area contributed by atoms with Crippen molar-refractivity contribution in [1.29, 1.82) is 0 Å². The molecule has 0 spiro atoms. The van der Waals surface area contributed by atoms with Crippen molar-refractivity contribution in [3.63, 3.8) is 0 Å². The van der Waals surface area contributed by atoms with E-state index in [9.17, 15) is 19.8 Å². The van der Waals surface area contributed by atoms with Gasteiger partial charge in [-0.2, -0.15) is 0 Å². The molecule has 5 heteroatoms. The molecule has 1 aliphatic carbocycles. The van der Waals surface area contributed by atoms with Crippen molar-refractivity contribution in [2.45, 2.75) is 38.2 Å². The summed E-state index contributed by atoms with van der Waals surface area (Å²) in [5, 5.41) is 21.0. The van der Waals surface area contributed by atoms with E-state index in [-0.39, 0.29) is 16.7 Å². The maximum Gasteiger partial charge on any atom is 0.343 e. The van der Waals surface area contributed by atoms with E-state index in [0.717, 1.165) is 17.5 Å². The number of aliphatic hydroxyl groups is 1. The second kappa shape index (κ2) is 6.33. The molecule has 130 valence electrons. The standard InChI is InChI=1S/C20H20O5/c1-20(2)10-9-17(21)15-11-13(5-8-16(15)20)19(24)25-14-6-3-12(4-7-14)18(22)23/h3-8,11,17,21H,9-10H2,1-2H3,(H,22,23)/p-1. The topological polar surface area (TPSA) is 86.7 Å². The van der Waals surface area contributed by atoms with E-state index in [4.69, 9.17) is 4.74 Å². The van der Waals surface area contributed by atoms with Gasteiger partial charge in [0.25, 0.3) is 0 Å². The molecular weight excluding hydrogens is 320 g/mol. The SMILES string of the molecule is CC1(C)CCC(O)c2cc(C(=O)Oc3ccc(C(=O)[O-])cc3)ccc21. The molecule has 5 nitrogen and oxygen atoms in total. The van der Waals surface area contributed by atoms with Crippen LogP contribution in [0.1, 0.15) is 64.6 Å². The highest BCUT2D eigenvalue weighted by atomic mass is 16.5. The molecule has 0 saturated carbocycles. The molecule has 1 aliphatic rings. The van der Waals surface area contributed by atoms with Crippen LogP contribution in [0.25, 0.3) is 0 Å². The van der Waals surface area contributed by atoms with Gasteiger partial charge < -0.3 is 19.7 Å². The van der Waals surface area contributed by atoms with E-state index < -0.39 is 18.0 Å². The number of rotatable bonds is 3. The summed E-state index contributed by atoms with van der Waals surface area (Å²) in [6, 6.07) is 10.7. The zero-order chi connectivity index (χ0) is 18.2. The predicted octanol–water partition coefficient (Wildman–Crippen LogP) is 2.37. The van der Waals surface area contributed by atoms with Crippen LogP contribution >= 0.6 is 0 Å². The van der Waals surface area contributed by atoms with Crippen molar-refractivity contribution in [2.24, 2.45) is 0 Å². The number of benzene rings is 2. The second-order valence-corrected chi connectivity index (χ2v) is 6.94. The molecule has 0 radical (unpaired) electrons. The van der Waals surface area contributed by atoms with Gasteiger partial charge in [0.1, 0.15) is 5.75 Å². The van der Waals surface area contributed by atoms with Crippen LogP contribution in [0.2, 0.25) is 0 Å². The first-order valence-electron chi connectivity index (χ1n) is 8.14. The van der Waals surface area contributed by atoms with Gasteiger partial charge in [-0.15, -0.1) is 0 Å². The minimum atomic E-state index is -1.29. The smallest absolute Gasteiger partial charge is 0.343 e.